The van der Waals surface area contributed by atoms with Crippen molar-refractivity contribution < 1.29 is 14.3 Å². The number of amides is 1. The molecule has 136 valence electrons. The zero-order valence-corrected chi connectivity index (χ0v) is 15.3. The number of hydrogen-bond donors (Lipinski definition) is 2. The summed E-state index contributed by atoms with van der Waals surface area (Å²) < 4.78 is 11.2. The highest BCUT2D eigenvalue weighted by molar-refractivity contribution is 5.94. The van der Waals surface area contributed by atoms with Gasteiger partial charge in [0, 0.05) is 12.2 Å². The Morgan fingerprint density at radius 1 is 1.16 bits per heavy atom. The number of nitrogens with two attached hydrogens (primary N) is 1. The summed E-state index contributed by atoms with van der Waals surface area (Å²) >= 11 is 0. The van der Waals surface area contributed by atoms with E-state index in [1.54, 1.807) is 24.3 Å². The predicted octanol–water partition coefficient (Wildman–Crippen LogP) is 3.55. The van der Waals surface area contributed by atoms with E-state index in [2.05, 4.69) is 5.32 Å². The van der Waals surface area contributed by atoms with Crippen molar-refractivity contribution >= 4 is 24.0 Å². The minimum Gasteiger partial charge on any atom is -0.492 e. The lowest BCUT2D eigenvalue weighted by atomic mass is 10.2. The molecule has 6 heteroatoms. The Morgan fingerprint density at radius 3 is 2.48 bits per heavy atom. The van der Waals surface area contributed by atoms with Crippen molar-refractivity contribution in [3.63, 3.8) is 0 Å². The van der Waals surface area contributed by atoms with Crippen molar-refractivity contribution in [3.05, 3.63) is 54.1 Å². The number of benzene rings is 2. The maximum absolute atomic E-state index is 12.4. The van der Waals surface area contributed by atoms with Crippen molar-refractivity contribution in [1.29, 1.82) is 0 Å². The van der Waals surface area contributed by atoms with E-state index in [9.17, 15) is 4.79 Å². The summed E-state index contributed by atoms with van der Waals surface area (Å²) in [6.07, 6.45) is 0.0391. The predicted molar refractivity (Wildman–Crippen MR) is 103 cm³/mol. The number of aryl methyl sites for hydroxylation is 1. The van der Waals surface area contributed by atoms with E-state index in [1.165, 1.54) is 0 Å². The Hall–Kier alpha value is -2.24. The van der Waals surface area contributed by atoms with Crippen LogP contribution in [-0.4, -0.2) is 25.2 Å². The summed E-state index contributed by atoms with van der Waals surface area (Å²) in [6.45, 7) is 4.84. The third-order valence-corrected chi connectivity index (χ3v) is 3.44. The monoisotopic (exact) mass is 364 g/mol. The van der Waals surface area contributed by atoms with Crippen molar-refractivity contribution in [2.24, 2.45) is 5.73 Å². The van der Waals surface area contributed by atoms with Crippen LogP contribution in [0.25, 0.3) is 0 Å². The summed E-state index contributed by atoms with van der Waals surface area (Å²) in [7, 11) is 0. The van der Waals surface area contributed by atoms with Gasteiger partial charge in [0.05, 0.1) is 0 Å². The molecule has 0 radical (unpaired) electrons. The van der Waals surface area contributed by atoms with Crippen LogP contribution in [0.2, 0.25) is 0 Å². The van der Waals surface area contributed by atoms with E-state index < -0.39 is 6.10 Å². The number of carbonyl (C=O) groups excluding carboxylic acids is 1. The Bertz CT molecular complexity index is 662. The average Bonchev–Trinajstić information content (AvgIpc) is 2.59. The van der Waals surface area contributed by atoms with Gasteiger partial charge in [0.2, 0.25) is 0 Å². The molecule has 25 heavy (non-hydrogen) atoms. The second kappa shape index (κ2) is 10.6. The van der Waals surface area contributed by atoms with Gasteiger partial charge in [0.15, 0.2) is 6.10 Å². The summed E-state index contributed by atoms with van der Waals surface area (Å²) in [4.78, 5) is 12.4. The largest absolute Gasteiger partial charge is 0.492 e. The zero-order valence-electron chi connectivity index (χ0n) is 14.5. The maximum Gasteiger partial charge on any atom is 0.265 e. The van der Waals surface area contributed by atoms with Crippen molar-refractivity contribution in [2.75, 3.05) is 18.5 Å². The van der Waals surface area contributed by atoms with Crippen LogP contribution >= 0.6 is 12.4 Å². The Morgan fingerprint density at radius 2 is 1.88 bits per heavy atom. The fourth-order valence-corrected chi connectivity index (χ4v) is 2.21. The van der Waals surface area contributed by atoms with E-state index in [4.69, 9.17) is 15.2 Å². The van der Waals surface area contributed by atoms with Gasteiger partial charge in [0.1, 0.15) is 18.1 Å². The lowest BCUT2D eigenvalue weighted by Crippen LogP contribution is -2.32. The van der Waals surface area contributed by atoms with Gasteiger partial charge in [-0.2, -0.15) is 0 Å². The van der Waals surface area contributed by atoms with Crippen LogP contribution in [0.4, 0.5) is 5.69 Å². The Kier molecular flexibility index (Phi) is 8.81. The highest BCUT2D eigenvalue weighted by atomic mass is 35.5. The molecule has 0 spiro atoms. The highest BCUT2D eigenvalue weighted by Gasteiger charge is 2.18. The SMILES string of the molecule is CCC(Oc1cccc(C)c1)C(=O)Nc1ccc(OCCN)cc1.Cl. The maximum atomic E-state index is 12.4. The molecule has 0 aliphatic heterocycles. The summed E-state index contributed by atoms with van der Waals surface area (Å²) in [5.74, 6) is 1.25. The van der Waals surface area contributed by atoms with Gasteiger partial charge in [-0.15, -0.1) is 12.4 Å². The number of hydrogen-bond acceptors (Lipinski definition) is 4. The van der Waals surface area contributed by atoms with E-state index in [1.807, 2.05) is 38.1 Å². The molecule has 2 aromatic rings. The van der Waals surface area contributed by atoms with Crippen LogP contribution in [0.5, 0.6) is 11.5 Å². The van der Waals surface area contributed by atoms with Gasteiger partial charge < -0.3 is 20.5 Å². The standard InChI is InChI=1S/C19H24N2O3.ClH/c1-3-18(24-17-6-4-5-14(2)13-17)19(22)21-15-7-9-16(10-8-15)23-12-11-20;/h4-10,13,18H,3,11-12,20H2,1-2H3,(H,21,22);1H. The van der Waals surface area contributed by atoms with Crippen LogP contribution in [0, 0.1) is 6.92 Å². The molecule has 1 unspecified atom stereocenters. The molecule has 0 saturated carbocycles. The topological polar surface area (TPSA) is 73.6 Å². The number of rotatable bonds is 8. The second-order valence-electron chi connectivity index (χ2n) is 5.48. The fourth-order valence-electron chi connectivity index (χ4n) is 2.21. The lowest BCUT2D eigenvalue weighted by Gasteiger charge is -2.17. The smallest absolute Gasteiger partial charge is 0.265 e. The molecule has 0 bridgehead atoms. The molecule has 5 nitrogen and oxygen atoms in total. The van der Waals surface area contributed by atoms with Crippen LogP contribution in [0.3, 0.4) is 0 Å². The molecule has 0 fully saturated rings. The van der Waals surface area contributed by atoms with Gasteiger partial charge in [-0.1, -0.05) is 19.1 Å². The second-order valence-corrected chi connectivity index (χ2v) is 5.48. The van der Waals surface area contributed by atoms with Crippen LogP contribution in [-0.2, 0) is 4.79 Å². The van der Waals surface area contributed by atoms with Crippen LogP contribution in [0.15, 0.2) is 48.5 Å². The van der Waals surface area contributed by atoms with Crippen molar-refractivity contribution in [3.8, 4) is 11.5 Å². The van der Waals surface area contributed by atoms with Crippen LogP contribution in [0.1, 0.15) is 18.9 Å². The van der Waals surface area contributed by atoms with E-state index >= 15 is 0 Å². The number of nitrogens with one attached hydrogen (secondary N) is 1. The number of halogens is 1. The first kappa shape index (κ1) is 20.8. The molecular formula is C19H25ClN2O3. The van der Waals surface area contributed by atoms with Gasteiger partial charge in [-0.05, 0) is 55.3 Å². The lowest BCUT2D eigenvalue weighted by molar-refractivity contribution is -0.122. The first-order chi connectivity index (χ1) is 11.6. The Labute approximate surface area is 154 Å². The first-order valence-electron chi connectivity index (χ1n) is 8.09. The molecule has 0 aliphatic rings. The molecule has 1 atom stereocenters. The van der Waals surface area contributed by atoms with Crippen LogP contribution < -0.4 is 20.5 Å². The Balaban J connectivity index is 0.00000312. The van der Waals surface area contributed by atoms with Crippen molar-refractivity contribution in [1.82, 2.24) is 0 Å². The number of carbonyl (C=O) groups is 1. The van der Waals surface area contributed by atoms with E-state index in [-0.39, 0.29) is 18.3 Å². The summed E-state index contributed by atoms with van der Waals surface area (Å²) in [5.41, 5.74) is 7.19. The van der Waals surface area contributed by atoms with Gasteiger partial charge >= 0.3 is 0 Å². The molecule has 3 N–H and O–H groups in total. The molecule has 0 heterocycles. The third-order valence-electron chi connectivity index (χ3n) is 3.44. The molecular weight excluding hydrogens is 340 g/mol. The molecule has 0 saturated heterocycles. The third kappa shape index (κ3) is 6.64. The van der Waals surface area contributed by atoms with Gasteiger partial charge in [0.25, 0.3) is 5.91 Å². The molecule has 0 aromatic heterocycles. The van der Waals surface area contributed by atoms with Crippen molar-refractivity contribution in [2.45, 2.75) is 26.4 Å². The zero-order chi connectivity index (χ0) is 17.4. The van der Waals surface area contributed by atoms with Gasteiger partial charge in [-0.3, -0.25) is 4.79 Å². The fraction of sp³-hybridized carbons (Fsp3) is 0.316. The van der Waals surface area contributed by atoms with Gasteiger partial charge in [-0.25, -0.2) is 0 Å². The number of anilines is 1. The minimum atomic E-state index is -0.542. The van der Waals surface area contributed by atoms with E-state index in [0.717, 1.165) is 11.3 Å². The molecule has 1 amide bonds. The molecule has 2 rings (SSSR count). The first-order valence-corrected chi connectivity index (χ1v) is 8.09. The number of ether oxygens (including phenoxy) is 2. The minimum absolute atomic E-state index is 0. The quantitative estimate of drug-likeness (QED) is 0.751. The normalized spacial score (nSPS) is 11.2. The summed E-state index contributed by atoms with van der Waals surface area (Å²) in [6, 6.07) is 14.9. The molecule has 2 aromatic carbocycles. The summed E-state index contributed by atoms with van der Waals surface area (Å²) in [5, 5.41) is 2.87. The van der Waals surface area contributed by atoms with E-state index in [0.29, 0.717) is 31.0 Å². The average molecular weight is 365 g/mol. The molecule has 0 aliphatic carbocycles. The highest BCUT2D eigenvalue weighted by Crippen LogP contribution is 2.18.